The van der Waals surface area contributed by atoms with Crippen LogP contribution in [0.25, 0.3) is 11.3 Å². The van der Waals surface area contributed by atoms with Gasteiger partial charge < -0.3 is 4.74 Å². The predicted octanol–water partition coefficient (Wildman–Crippen LogP) is 5.43. The summed E-state index contributed by atoms with van der Waals surface area (Å²) in [6.07, 6.45) is 1.10. The first-order valence-electron chi connectivity index (χ1n) is 11.8. The number of carbonyl (C=O) groups excluding carboxylic acids is 1. The molecule has 1 N–H and O–H groups in total. The lowest BCUT2D eigenvalue weighted by Crippen LogP contribution is -2.30. The van der Waals surface area contributed by atoms with E-state index in [-0.39, 0.29) is 16.7 Å². The monoisotopic (exact) mass is 513 g/mol. The van der Waals surface area contributed by atoms with Crippen molar-refractivity contribution in [2.24, 2.45) is 0 Å². The normalized spacial score (nSPS) is 15.3. The second-order valence-corrected chi connectivity index (χ2v) is 11.9. The molecule has 1 saturated heterocycles. The van der Waals surface area contributed by atoms with Crippen molar-refractivity contribution in [3.8, 4) is 17.0 Å². The number of ether oxygens (including phenoxy) is 1. The van der Waals surface area contributed by atoms with E-state index < -0.39 is 16.1 Å². The molecule has 186 valence electrons. The average molecular weight is 514 g/mol. The van der Waals surface area contributed by atoms with E-state index in [2.05, 4.69) is 24.1 Å². The quantitative estimate of drug-likeness (QED) is 0.434. The molecule has 0 aliphatic carbocycles. The maximum Gasteiger partial charge on any atom is 0.266 e. The summed E-state index contributed by atoms with van der Waals surface area (Å²) in [5.41, 5.74) is 3.58. The zero-order valence-electron chi connectivity index (χ0n) is 20.4. The van der Waals surface area contributed by atoms with E-state index in [0.717, 1.165) is 29.5 Å². The maximum absolute atomic E-state index is 12.8. The van der Waals surface area contributed by atoms with Gasteiger partial charge in [-0.2, -0.15) is 4.31 Å². The minimum absolute atomic E-state index is 0.277. The van der Waals surface area contributed by atoms with Crippen molar-refractivity contribution in [2.75, 3.05) is 18.4 Å². The minimum Gasteiger partial charge on any atom is -0.481 e. The van der Waals surface area contributed by atoms with Crippen LogP contribution in [0.3, 0.4) is 0 Å². The molecule has 9 heteroatoms. The molecule has 1 fully saturated rings. The van der Waals surface area contributed by atoms with Gasteiger partial charge in [0.2, 0.25) is 10.0 Å². The van der Waals surface area contributed by atoms with E-state index >= 15 is 0 Å². The predicted molar refractivity (Wildman–Crippen MR) is 140 cm³/mol. The van der Waals surface area contributed by atoms with Crippen LogP contribution >= 0.6 is 11.3 Å². The number of rotatable bonds is 8. The van der Waals surface area contributed by atoms with E-state index in [1.165, 1.54) is 15.6 Å². The highest BCUT2D eigenvalue weighted by Gasteiger charge is 2.27. The number of hydrogen-bond acceptors (Lipinski definition) is 6. The number of carbonyl (C=O) groups is 1. The van der Waals surface area contributed by atoms with Gasteiger partial charge >= 0.3 is 0 Å². The number of benzene rings is 2. The third-order valence-corrected chi connectivity index (χ3v) is 8.72. The number of thiazole rings is 1. The zero-order chi connectivity index (χ0) is 25.2. The minimum atomic E-state index is -3.45. The first kappa shape index (κ1) is 25.3. The SMILES string of the molecule is Cc1ccc(C(C)C)c(OC(C)C(=O)Nc2nc(-c3ccc(S(=O)(=O)N4CCCC4)cc3)cs2)c1. The van der Waals surface area contributed by atoms with Crippen LogP contribution < -0.4 is 10.1 Å². The fraction of sp³-hybridized carbons (Fsp3) is 0.385. The van der Waals surface area contributed by atoms with E-state index in [1.807, 2.05) is 30.5 Å². The molecule has 1 aliphatic heterocycles. The van der Waals surface area contributed by atoms with E-state index in [9.17, 15) is 13.2 Å². The molecule has 0 radical (unpaired) electrons. The van der Waals surface area contributed by atoms with Crippen LogP contribution in [-0.4, -0.2) is 42.8 Å². The van der Waals surface area contributed by atoms with Crippen LogP contribution in [0.1, 0.15) is 50.7 Å². The first-order chi connectivity index (χ1) is 16.6. The van der Waals surface area contributed by atoms with Gasteiger partial charge in [0.05, 0.1) is 10.6 Å². The molecule has 4 rings (SSSR count). The van der Waals surface area contributed by atoms with Crippen LogP contribution in [0.5, 0.6) is 5.75 Å². The molecule has 0 saturated carbocycles. The van der Waals surface area contributed by atoms with Crippen LogP contribution in [0.2, 0.25) is 0 Å². The Hall–Kier alpha value is -2.75. The Labute approximate surface area is 211 Å². The van der Waals surface area contributed by atoms with Crippen molar-refractivity contribution in [1.82, 2.24) is 9.29 Å². The maximum atomic E-state index is 12.8. The molecule has 3 aromatic rings. The molecular weight excluding hydrogens is 482 g/mol. The van der Waals surface area contributed by atoms with Crippen LogP contribution in [0.15, 0.2) is 52.7 Å². The topological polar surface area (TPSA) is 88.6 Å². The van der Waals surface area contributed by atoms with Crippen molar-refractivity contribution in [3.63, 3.8) is 0 Å². The highest BCUT2D eigenvalue weighted by atomic mass is 32.2. The second-order valence-electron chi connectivity index (χ2n) is 9.12. The fourth-order valence-corrected chi connectivity index (χ4v) is 6.25. The Morgan fingerprint density at radius 1 is 1.09 bits per heavy atom. The van der Waals surface area contributed by atoms with Crippen molar-refractivity contribution < 1.29 is 17.9 Å². The van der Waals surface area contributed by atoms with Crippen LogP contribution in [0, 0.1) is 6.92 Å². The lowest BCUT2D eigenvalue weighted by molar-refractivity contribution is -0.122. The first-order valence-corrected chi connectivity index (χ1v) is 14.1. The highest BCUT2D eigenvalue weighted by Crippen LogP contribution is 2.30. The van der Waals surface area contributed by atoms with Crippen molar-refractivity contribution in [2.45, 2.75) is 57.5 Å². The standard InChI is InChI=1S/C26H31N3O4S2/c1-17(2)22-12-7-18(3)15-24(22)33-19(4)25(30)28-26-27-23(16-34-26)20-8-10-21(11-9-20)35(31,32)29-13-5-6-14-29/h7-12,15-17,19H,5-6,13-14H2,1-4H3,(H,27,28,30). The molecule has 2 aromatic carbocycles. The van der Waals surface area contributed by atoms with Gasteiger partial charge in [-0.1, -0.05) is 38.1 Å². The number of hydrogen-bond donors (Lipinski definition) is 1. The molecule has 1 amide bonds. The fourth-order valence-electron chi connectivity index (χ4n) is 4.01. The molecular formula is C26H31N3O4S2. The molecule has 1 aliphatic rings. The summed E-state index contributed by atoms with van der Waals surface area (Å²) in [7, 11) is -3.45. The summed E-state index contributed by atoms with van der Waals surface area (Å²) in [6.45, 7) is 9.04. The Morgan fingerprint density at radius 3 is 2.43 bits per heavy atom. The van der Waals surface area contributed by atoms with Gasteiger partial charge in [0.15, 0.2) is 11.2 Å². The third-order valence-electron chi connectivity index (χ3n) is 6.05. The number of aromatic nitrogens is 1. The van der Waals surface area contributed by atoms with Crippen molar-refractivity contribution in [3.05, 3.63) is 59.0 Å². The Bertz CT molecular complexity index is 1290. The molecule has 0 bridgehead atoms. The highest BCUT2D eigenvalue weighted by molar-refractivity contribution is 7.89. The largest absolute Gasteiger partial charge is 0.481 e. The Balaban J connectivity index is 1.42. The lowest BCUT2D eigenvalue weighted by Gasteiger charge is -2.19. The summed E-state index contributed by atoms with van der Waals surface area (Å²) in [5.74, 6) is 0.708. The van der Waals surface area contributed by atoms with Crippen LogP contribution in [0.4, 0.5) is 5.13 Å². The summed E-state index contributed by atoms with van der Waals surface area (Å²) < 4.78 is 33.0. The lowest BCUT2D eigenvalue weighted by atomic mass is 10.0. The van der Waals surface area contributed by atoms with E-state index in [1.54, 1.807) is 31.2 Å². The molecule has 2 heterocycles. The molecule has 1 atom stereocenters. The van der Waals surface area contributed by atoms with Crippen molar-refractivity contribution in [1.29, 1.82) is 0 Å². The number of nitrogens with zero attached hydrogens (tertiary/aromatic N) is 2. The van der Waals surface area contributed by atoms with Crippen molar-refractivity contribution >= 4 is 32.4 Å². The number of amides is 1. The summed E-state index contributed by atoms with van der Waals surface area (Å²) >= 11 is 1.31. The van der Waals surface area contributed by atoms with E-state index in [4.69, 9.17) is 4.74 Å². The summed E-state index contributed by atoms with van der Waals surface area (Å²) in [4.78, 5) is 17.6. The van der Waals surface area contributed by atoms with Gasteiger partial charge in [0.1, 0.15) is 5.75 Å². The van der Waals surface area contributed by atoms with E-state index in [0.29, 0.717) is 29.7 Å². The van der Waals surface area contributed by atoms with Crippen LogP contribution in [-0.2, 0) is 14.8 Å². The number of aryl methyl sites for hydroxylation is 1. The summed E-state index contributed by atoms with van der Waals surface area (Å²) in [5, 5.41) is 5.13. The smallest absolute Gasteiger partial charge is 0.266 e. The number of nitrogens with one attached hydrogen (secondary N) is 1. The molecule has 0 spiro atoms. The van der Waals surface area contributed by atoms with Gasteiger partial charge in [-0.05, 0) is 61.9 Å². The Morgan fingerprint density at radius 2 is 1.77 bits per heavy atom. The summed E-state index contributed by atoms with van der Waals surface area (Å²) in [6, 6.07) is 12.8. The van der Waals surface area contributed by atoms with Gasteiger partial charge in [0, 0.05) is 24.0 Å². The average Bonchev–Trinajstić information content (AvgIpc) is 3.52. The van der Waals surface area contributed by atoms with Gasteiger partial charge in [-0.3, -0.25) is 10.1 Å². The molecule has 1 aromatic heterocycles. The van der Waals surface area contributed by atoms with Gasteiger partial charge in [-0.25, -0.2) is 13.4 Å². The molecule has 35 heavy (non-hydrogen) atoms. The van der Waals surface area contributed by atoms with Gasteiger partial charge in [0.25, 0.3) is 5.91 Å². The number of sulfonamides is 1. The van der Waals surface area contributed by atoms with Gasteiger partial charge in [-0.15, -0.1) is 11.3 Å². The zero-order valence-corrected chi connectivity index (χ0v) is 22.1. The Kier molecular flexibility index (Phi) is 7.59. The third kappa shape index (κ3) is 5.74. The number of anilines is 1. The molecule has 1 unspecified atom stereocenters. The second kappa shape index (κ2) is 10.5. The molecule has 7 nitrogen and oxygen atoms in total.